The van der Waals surface area contributed by atoms with Crippen LogP contribution in [0.2, 0.25) is 0 Å². The SMILES string of the molecule is COc1ccc(CNC(=O)[C@@H](C)N)cc1OC(F)F. The molecule has 1 aromatic carbocycles. The second-order valence-corrected chi connectivity index (χ2v) is 3.87. The lowest BCUT2D eigenvalue weighted by Gasteiger charge is -2.12. The van der Waals surface area contributed by atoms with Crippen LogP contribution in [0.1, 0.15) is 12.5 Å². The van der Waals surface area contributed by atoms with Crippen molar-refractivity contribution in [2.45, 2.75) is 26.1 Å². The largest absolute Gasteiger partial charge is 0.493 e. The van der Waals surface area contributed by atoms with Crippen LogP contribution < -0.4 is 20.5 Å². The summed E-state index contributed by atoms with van der Waals surface area (Å²) in [7, 11) is 1.35. The van der Waals surface area contributed by atoms with E-state index in [1.165, 1.54) is 19.2 Å². The van der Waals surface area contributed by atoms with Gasteiger partial charge in [-0.3, -0.25) is 4.79 Å². The average molecular weight is 274 g/mol. The molecule has 0 aliphatic rings. The molecule has 0 bridgehead atoms. The number of halogens is 2. The first-order chi connectivity index (χ1) is 8.93. The van der Waals surface area contributed by atoms with Gasteiger partial charge in [-0.25, -0.2) is 0 Å². The summed E-state index contributed by atoms with van der Waals surface area (Å²) in [6.07, 6.45) is 0. The van der Waals surface area contributed by atoms with Crippen LogP contribution in [0, 0.1) is 0 Å². The number of hydrogen-bond donors (Lipinski definition) is 2. The van der Waals surface area contributed by atoms with E-state index in [-0.39, 0.29) is 24.0 Å². The highest BCUT2D eigenvalue weighted by atomic mass is 19.3. The van der Waals surface area contributed by atoms with Crippen LogP contribution in [-0.2, 0) is 11.3 Å². The van der Waals surface area contributed by atoms with Crippen molar-refractivity contribution in [1.82, 2.24) is 5.32 Å². The Morgan fingerprint density at radius 1 is 1.42 bits per heavy atom. The van der Waals surface area contributed by atoms with Gasteiger partial charge >= 0.3 is 6.61 Å². The molecule has 0 saturated heterocycles. The minimum Gasteiger partial charge on any atom is -0.493 e. The summed E-state index contributed by atoms with van der Waals surface area (Å²) in [6.45, 7) is -1.22. The molecule has 1 amide bonds. The van der Waals surface area contributed by atoms with Crippen LogP contribution in [0.15, 0.2) is 18.2 Å². The third kappa shape index (κ3) is 4.70. The number of nitrogens with one attached hydrogen (secondary N) is 1. The monoisotopic (exact) mass is 274 g/mol. The van der Waals surface area contributed by atoms with Crippen molar-refractivity contribution in [2.75, 3.05) is 7.11 Å². The minimum absolute atomic E-state index is 0.0787. The quantitative estimate of drug-likeness (QED) is 0.819. The third-order valence-electron chi connectivity index (χ3n) is 2.32. The van der Waals surface area contributed by atoms with Crippen molar-refractivity contribution in [3.63, 3.8) is 0 Å². The first-order valence-corrected chi connectivity index (χ1v) is 5.59. The summed E-state index contributed by atoms with van der Waals surface area (Å²) in [4.78, 5) is 11.3. The highest BCUT2D eigenvalue weighted by molar-refractivity contribution is 5.80. The van der Waals surface area contributed by atoms with Gasteiger partial charge in [0.05, 0.1) is 13.2 Å². The van der Waals surface area contributed by atoms with Gasteiger partial charge < -0.3 is 20.5 Å². The van der Waals surface area contributed by atoms with Crippen molar-refractivity contribution in [2.24, 2.45) is 5.73 Å². The average Bonchev–Trinajstić information content (AvgIpc) is 2.35. The summed E-state index contributed by atoms with van der Waals surface area (Å²) >= 11 is 0. The van der Waals surface area contributed by atoms with E-state index < -0.39 is 12.7 Å². The molecule has 1 atom stereocenters. The number of carbonyl (C=O) groups excluding carboxylic acids is 1. The van der Waals surface area contributed by atoms with Gasteiger partial charge in [0.1, 0.15) is 0 Å². The van der Waals surface area contributed by atoms with Crippen molar-refractivity contribution >= 4 is 5.91 Å². The zero-order valence-electron chi connectivity index (χ0n) is 10.7. The zero-order valence-corrected chi connectivity index (χ0v) is 10.7. The fourth-order valence-electron chi connectivity index (χ4n) is 1.37. The Labute approximate surface area is 109 Å². The molecule has 0 unspecified atom stereocenters. The summed E-state index contributed by atoms with van der Waals surface area (Å²) in [6, 6.07) is 3.88. The van der Waals surface area contributed by atoms with E-state index >= 15 is 0 Å². The van der Waals surface area contributed by atoms with Crippen LogP contribution in [0.3, 0.4) is 0 Å². The molecule has 0 aliphatic carbocycles. The van der Waals surface area contributed by atoms with Crippen LogP contribution in [0.25, 0.3) is 0 Å². The molecule has 0 spiro atoms. The normalized spacial score (nSPS) is 12.1. The molecule has 1 rings (SSSR count). The number of rotatable bonds is 6. The maximum absolute atomic E-state index is 12.2. The first kappa shape index (κ1) is 15.2. The van der Waals surface area contributed by atoms with Gasteiger partial charge in [-0.1, -0.05) is 6.07 Å². The Balaban J connectivity index is 2.77. The molecule has 3 N–H and O–H groups in total. The fraction of sp³-hybridized carbons (Fsp3) is 0.417. The summed E-state index contributed by atoms with van der Waals surface area (Å²) < 4.78 is 33.7. The number of ether oxygens (including phenoxy) is 2. The maximum Gasteiger partial charge on any atom is 0.387 e. The van der Waals surface area contributed by atoms with E-state index in [2.05, 4.69) is 10.1 Å². The lowest BCUT2D eigenvalue weighted by Crippen LogP contribution is -2.37. The second-order valence-electron chi connectivity index (χ2n) is 3.87. The summed E-state index contributed by atoms with van der Waals surface area (Å²) in [5, 5.41) is 2.57. The highest BCUT2D eigenvalue weighted by Crippen LogP contribution is 2.29. The van der Waals surface area contributed by atoms with Gasteiger partial charge in [-0.05, 0) is 24.6 Å². The summed E-state index contributed by atoms with van der Waals surface area (Å²) in [5.41, 5.74) is 5.99. The van der Waals surface area contributed by atoms with E-state index in [1.54, 1.807) is 13.0 Å². The minimum atomic E-state index is -2.94. The van der Waals surface area contributed by atoms with Crippen molar-refractivity contribution in [3.05, 3.63) is 23.8 Å². The Hall–Kier alpha value is -1.89. The van der Waals surface area contributed by atoms with E-state index in [9.17, 15) is 13.6 Å². The molecule has 0 aromatic heterocycles. The first-order valence-electron chi connectivity index (χ1n) is 5.59. The third-order valence-corrected chi connectivity index (χ3v) is 2.32. The molecule has 7 heteroatoms. The predicted octanol–water partition coefficient (Wildman–Crippen LogP) is 1.26. The lowest BCUT2D eigenvalue weighted by atomic mass is 10.2. The van der Waals surface area contributed by atoms with Crippen molar-refractivity contribution < 1.29 is 23.0 Å². The second kappa shape index (κ2) is 6.89. The Bertz CT molecular complexity index is 439. The van der Waals surface area contributed by atoms with Gasteiger partial charge in [-0.15, -0.1) is 0 Å². The number of alkyl halides is 2. The zero-order chi connectivity index (χ0) is 14.4. The van der Waals surface area contributed by atoms with E-state index in [1.807, 2.05) is 0 Å². The van der Waals surface area contributed by atoms with Crippen LogP contribution in [-0.4, -0.2) is 25.7 Å². The Kier molecular flexibility index (Phi) is 5.50. The molecule has 0 radical (unpaired) electrons. The molecule has 5 nitrogen and oxygen atoms in total. The predicted molar refractivity (Wildman–Crippen MR) is 65.1 cm³/mol. The van der Waals surface area contributed by atoms with Crippen LogP contribution >= 0.6 is 0 Å². The smallest absolute Gasteiger partial charge is 0.387 e. The van der Waals surface area contributed by atoms with Crippen LogP contribution in [0.5, 0.6) is 11.5 Å². The Morgan fingerprint density at radius 2 is 2.11 bits per heavy atom. The molecule has 1 aromatic rings. The number of benzene rings is 1. The fourth-order valence-corrected chi connectivity index (χ4v) is 1.37. The van der Waals surface area contributed by atoms with E-state index in [4.69, 9.17) is 10.5 Å². The van der Waals surface area contributed by atoms with Crippen LogP contribution in [0.4, 0.5) is 8.78 Å². The van der Waals surface area contributed by atoms with E-state index in [0.29, 0.717) is 5.56 Å². The van der Waals surface area contributed by atoms with Gasteiger partial charge in [0.2, 0.25) is 5.91 Å². The topological polar surface area (TPSA) is 73.6 Å². The molecule has 0 saturated carbocycles. The van der Waals surface area contributed by atoms with E-state index in [0.717, 1.165) is 0 Å². The van der Waals surface area contributed by atoms with Gasteiger partial charge in [0.25, 0.3) is 0 Å². The summed E-state index contributed by atoms with van der Waals surface area (Å²) in [5.74, 6) is -0.209. The molecule has 0 fully saturated rings. The maximum atomic E-state index is 12.2. The van der Waals surface area contributed by atoms with Gasteiger partial charge in [-0.2, -0.15) is 8.78 Å². The molecule has 19 heavy (non-hydrogen) atoms. The number of amides is 1. The molecule has 0 heterocycles. The lowest BCUT2D eigenvalue weighted by molar-refractivity contribution is -0.122. The highest BCUT2D eigenvalue weighted by Gasteiger charge is 2.12. The van der Waals surface area contributed by atoms with Gasteiger partial charge in [0.15, 0.2) is 11.5 Å². The molecule has 106 valence electrons. The molecule has 0 aliphatic heterocycles. The number of methoxy groups -OCH3 is 1. The standard InChI is InChI=1S/C12H16F2N2O3/c1-7(15)11(17)16-6-8-3-4-9(18-2)10(5-8)19-12(13)14/h3-5,7,12H,6,15H2,1-2H3,(H,16,17)/t7-/m1/s1. The van der Waals surface area contributed by atoms with Crippen molar-refractivity contribution in [3.8, 4) is 11.5 Å². The van der Waals surface area contributed by atoms with Gasteiger partial charge in [0, 0.05) is 6.54 Å². The number of carbonyl (C=O) groups is 1. The van der Waals surface area contributed by atoms with Crippen molar-refractivity contribution in [1.29, 1.82) is 0 Å². The molecular weight excluding hydrogens is 258 g/mol. The number of nitrogens with two attached hydrogens (primary N) is 1. The molecular formula is C12H16F2N2O3. The number of hydrogen-bond acceptors (Lipinski definition) is 4. The Morgan fingerprint density at radius 3 is 2.63 bits per heavy atom.